The molecule has 0 unspecified atom stereocenters. The SMILES string of the molecule is O=C(O)c1cc2c(F)cccc2cn1. The fourth-order valence-corrected chi connectivity index (χ4v) is 1.25. The Balaban J connectivity index is 2.76. The van der Waals surface area contributed by atoms with Crippen molar-refractivity contribution in [3.05, 3.63) is 42.0 Å². The van der Waals surface area contributed by atoms with E-state index in [1.807, 2.05) is 0 Å². The van der Waals surface area contributed by atoms with Crippen molar-refractivity contribution < 1.29 is 14.3 Å². The summed E-state index contributed by atoms with van der Waals surface area (Å²) in [4.78, 5) is 14.3. The second-order valence-electron chi connectivity index (χ2n) is 2.84. The maximum absolute atomic E-state index is 13.2. The Morgan fingerprint density at radius 2 is 2.21 bits per heavy atom. The van der Waals surface area contributed by atoms with E-state index in [1.165, 1.54) is 18.3 Å². The highest BCUT2D eigenvalue weighted by Crippen LogP contribution is 2.17. The molecular formula is C10H6FNO2. The van der Waals surface area contributed by atoms with Crippen molar-refractivity contribution in [3.8, 4) is 0 Å². The summed E-state index contributed by atoms with van der Waals surface area (Å²) in [5, 5.41) is 9.52. The Morgan fingerprint density at radius 3 is 2.93 bits per heavy atom. The van der Waals surface area contributed by atoms with Gasteiger partial charge in [0.1, 0.15) is 11.5 Å². The van der Waals surface area contributed by atoms with Crippen LogP contribution >= 0.6 is 0 Å². The van der Waals surface area contributed by atoms with Gasteiger partial charge in [-0.15, -0.1) is 0 Å². The molecule has 0 amide bonds. The number of carboxylic acids is 1. The van der Waals surface area contributed by atoms with Crippen LogP contribution in [0.3, 0.4) is 0 Å². The molecule has 1 aromatic heterocycles. The zero-order valence-electron chi connectivity index (χ0n) is 7.07. The highest BCUT2D eigenvalue weighted by molar-refractivity contribution is 5.92. The van der Waals surface area contributed by atoms with Crippen LogP contribution in [0.4, 0.5) is 4.39 Å². The number of fused-ring (bicyclic) bond motifs is 1. The van der Waals surface area contributed by atoms with Crippen molar-refractivity contribution in [1.29, 1.82) is 0 Å². The van der Waals surface area contributed by atoms with Gasteiger partial charge in [-0.2, -0.15) is 0 Å². The van der Waals surface area contributed by atoms with Gasteiger partial charge in [-0.25, -0.2) is 14.2 Å². The monoisotopic (exact) mass is 191 g/mol. The number of rotatable bonds is 1. The largest absolute Gasteiger partial charge is 0.477 e. The van der Waals surface area contributed by atoms with Crippen LogP contribution in [0.1, 0.15) is 10.5 Å². The van der Waals surface area contributed by atoms with E-state index in [4.69, 9.17) is 5.11 Å². The first-order valence-corrected chi connectivity index (χ1v) is 3.96. The van der Waals surface area contributed by atoms with Crippen LogP contribution in [-0.4, -0.2) is 16.1 Å². The first-order chi connectivity index (χ1) is 6.68. The molecule has 0 aliphatic carbocycles. The van der Waals surface area contributed by atoms with Crippen molar-refractivity contribution in [3.63, 3.8) is 0 Å². The molecule has 70 valence electrons. The summed E-state index contributed by atoms with van der Waals surface area (Å²) in [7, 11) is 0. The highest BCUT2D eigenvalue weighted by Gasteiger charge is 2.07. The molecule has 2 aromatic rings. The molecule has 0 saturated heterocycles. The van der Waals surface area contributed by atoms with Gasteiger partial charge >= 0.3 is 5.97 Å². The lowest BCUT2D eigenvalue weighted by molar-refractivity contribution is 0.0691. The second kappa shape index (κ2) is 3.06. The third-order valence-electron chi connectivity index (χ3n) is 1.93. The third-order valence-corrected chi connectivity index (χ3v) is 1.93. The molecule has 0 saturated carbocycles. The molecule has 0 spiro atoms. The summed E-state index contributed by atoms with van der Waals surface area (Å²) in [6.45, 7) is 0. The molecule has 0 fully saturated rings. The highest BCUT2D eigenvalue weighted by atomic mass is 19.1. The Hall–Kier alpha value is -1.97. The number of benzene rings is 1. The van der Waals surface area contributed by atoms with Gasteiger partial charge in [0.15, 0.2) is 0 Å². The summed E-state index contributed by atoms with van der Waals surface area (Å²) in [6, 6.07) is 5.75. The van der Waals surface area contributed by atoms with Gasteiger partial charge in [-0.1, -0.05) is 12.1 Å². The van der Waals surface area contributed by atoms with Gasteiger partial charge in [0.2, 0.25) is 0 Å². The lowest BCUT2D eigenvalue weighted by Crippen LogP contribution is -1.99. The molecule has 0 atom stereocenters. The van der Waals surface area contributed by atoms with E-state index in [1.54, 1.807) is 12.1 Å². The quantitative estimate of drug-likeness (QED) is 0.750. The van der Waals surface area contributed by atoms with Crippen molar-refractivity contribution in [1.82, 2.24) is 4.98 Å². The topological polar surface area (TPSA) is 50.2 Å². The molecule has 4 heteroatoms. The van der Waals surface area contributed by atoms with Crippen molar-refractivity contribution in [2.24, 2.45) is 0 Å². The summed E-state index contributed by atoms with van der Waals surface area (Å²) >= 11 is 0. The van der Waals surface area contributed by atoms with Crippen LogP contribution in [0, 0.1) is 5.82 Å². The first-order valence-electron chi connectivity index (χ1n) is 3.96. The predicted octanol–water partition coefficient (Wildman–Crippen LogP) is 2.07. The van der Waals surface area contributed by atoms with Crippen molar-refractivity contribution >= 4 is 16.7 Å². The standard InChI is InChI=1S/C10H6FNO2/c11-8-3-1-2-6-5-12-9(10(13)14)4-7(6)8/h1-5H,(H,13,14). The fraction of sp³-hybridized carbons (Fsp3) is 0. The Labute approximate surface area is 78.8 Å². The molecule has 0 radical (unpaired) electrons. The van der Waals surface area contributed by atoms with Crippen molar-refractivity contribution in [2.75, 3.05) is 0 Å². The minimum atomic E-state index is -1.16. The molecule has 1 aromatic carbocycles. The number of hydrogen-bond donors (Lipinski definition) is 1. The van der Waals surface area contributed by atoms with E-state index in [-0.39, 0.29) is 11.1 Å². The van der Waals surface area contributed by atoms with E-state index in [0.717, 1.165) is 0 Å². The summed E-state index contributed by atoms with van der Waals surface area (Å²) in [5.41, 5.74) is -0.150. The number of aromatic carboxylic acids is 1. The zero-order valence-corrected chi connectivity index (χ0v) is 7.07. The Bertz CT molecular complexity index is 510. The maximum Gasteiger partial charge on any atom is 0.354 e. The fourth-order valence-electron chi connectivity index (χ4n) is 1.25. The number of carboxylic acid groups (broad SMARTS) is 1. The van der Waals surface area contributed by atoms with E-state index in [9.17, 15) is 9.18 Å². The van der Waals surface area contributed by atoms with Crippen LogP contribution in [0.15, 0.2) is 30.5 Å². The van der Waals surface area contributed by atoms with E-state index >= 15 is 0 Å². The average molecular weight is 191 g/mol. The van der Waals surface area contributed by atoms with Crippen LogP contribution in [-0.2, 0) is 0 Å². The molecule has 1 N–H and O–H groups in total. The van der Waals surface area contributed by atoms with Gasteiger partial charge in [0, 0.05) is 17.0 Å². The molecular weight excluding hydrogens is 185 g/mol. The summed E-state index contributed by atoms with van der Waals surface area (Å²) < 4.78 is 13.2. The predicted molar refractivity (Wildman–Crippen MR) is 48.7 cm³/mol. The average Bonchev–Trinajstić information content (AvgIpc) is 2.18. The lowest BCUT2D eigenvalue weighted by atomic mass is 10.1. The molecule has 3 nitrogen and oxygen atoms in total. The van der Waals surface area contributed by atoms with Crippen molar-refractivity contribution in [2.45, 2.75) is 0 Å². The van der Waals surface area contributed by atoms with Gasteiger partial charge in [-0.3, -0.25) is 0 Å². The smallest absolute Gasteiger partial charge is 0.354 e. The number of pyridine rings is 1. The number of hydrogen-bond acceptors (Lipinski definition) is 2. The first kappa shape index (κ1) is 8.62. The van der Waals surface area contributed by atoms with E-state index < -0.39 is 11.8 Å². The van der Waals surface area contributed by atoms with Gasteiger partial charge in [0.25, 0.3) is 0 Å². The van der Waals surface area contributed by atoms with Crippen LogP contribution in [0.5, 0.6) is 0 Å². The molecule has 0 aliphatic heterocycles. The summed E-state index contributed by atoms with van der Waals surface area (Å²) in [5.74, 6) is -1.59. The zero-order chi connectivity index (χ0) is 10.1. The number of carbonyl (C=O) groups is 1. The van der Waals surface area contributed by atoms with Gasteiger partial charge in [0.05, 0.1) is 0 Å². The normalized spacial score (nSPS) is 10.4. The number of nitrogens with zero attached hydrogens (tertiary/aromatic N) is 1. The minimum absolute atomic E-state index is 0.150. The molecule has 0 aliphatic rings. The van der Waals surface area contributed by atoms with E-state index in [2.05, 4.69) is 4.98 Å². The second-order valence-corrected chi connectivity index (χ2v) is 2.84. The van der Waals surface area contributed by atoms with E-state index in [0.29, 0.717) is 5.39 Å². The third kappa shape index (κ3) is 1.31. The lowest BCUT2D eigenvalue weighted by Gasteiger charge is -1.99. The van der Waals surface area contributed by atoms with Gasteiger partial charge < -0.3 is 5.11 Å². The Kier molecular flexibility index (Phi) is 1.89. The van der Waals surface area contributed by atoms with Crippen LogP contribution < -0.4 is 0 Å². The van der Waals surface area contributed by atoms with Crippen LogP contribution in [0.2, 0.25) is 0 Å². The van der Waals surface area contributed by atoms with Crippen LogP contribution in [0.25, 0.3) is 10.8 Å². The molecule has 14 heavy (non-hydrogen) atoms. The maximum atomic E-state index is 13.2. The number of aromatic nitrogens is 1. The Morgan fingerprint density at radius 1 is 1.43 bits per heavy atom. The molecule has 2 rings (SSSR count). The van der Waals surface area contributed by atoms with Gasteiger partial charge in [-0.05, 0) is 12.1 Å². The summed E-state index contributed by atoms with van der Waals surface area (Å²) in [6.07, 6.45) is 1.35. The number of halogens is 1. The molecule has 0 bridgehead atoms. The minimum Gasteiger partial charge on any atom is -0.477 e. The molecule has 1 heterocycles.